The SMILES string of the molecule is CCCNC(=O)C(CC)N(Cc1ccc(C)cc1)C(=O)COc1ccc([N+](=O)[O-])c(OC)c1. The number of hydrogen-bond acceptors (Lipinski definition) is 6. The molecule has 0 fully saturated rings. The summed E-state index contributed by atoms with van der Waals surface area (Å²) >= 11 is 0. The molecular weight excluding hydrogens is 426 g/mol. The van der Waals surface area contributed by atoms with Gasteiger partial charge in [-0.3, -0.25) is 19.7 Å². The van der Waals surface area contributed by atoms with Crippen molar-refractivity contribution in [2.45, 2.75) is 46.2 Å². The third kappa shape index (κ3) is 7.20. The highest BCUT2D eigenvalue weighted by atomic mass is 16.6. The highest BCUT2D eigenvalue weighted by Gasteiger charge is 2.29. The highest BCUT2D eigenvalue weighted by molar-refractivity contribution is 5.88. The molecule has 1 atom stereocenters. The minimum atomic E-state index is -0.652. The Morgan fingerprint density at radius 2 is 1.85 bits per heavy atom. The lowest BCUT2D eigenvalue weighted by Gasteiger charge is -2.30. The van der Waals surface area contributed by atoms with Crippen molar-refractivity contribution in [3.05, 3.63) is 63.7 Å². The van der Waals surface area contributed by atoms with Gasteiger partial charge in [-0.2, -0.15) is 0 Å². The normalized spacial score (nSPS) is 11.4. The van der Waals surface area contributed by atoms with E-state index in [2.05, 4.69) is 5.32 Å². The third-order valence-electron chi connectivity index (χ3n) is 5.12. The molecule has 1 unspecified atom stereocenters. The van der Waals surface area contributed by atoms with Crippen molar-refractivity contribution in [2.75, 3.05) is 20.3 Å². The predicted molar refractivity (Wildman–Crippen MR) is 124 cm³/mol. The molecule has 9 heteroatoms. The number of nitrogens with zero attached hydrogens (tertiary/aromatic N) is 2. The molecule has 0 aliphatic rings. The van der Waals surface area contributed by atoms with E-state index in [0.717, 1.165) is 17.5 Å². The lowest BCUT2D eigenvalue weighted by atomic mass is 10.1. The Kier molecular flexibility index (Phi) is 9.65. The quantitative estimate of drug-likeness (QED) is 0.385. The number of carbonyl (C=O) groups is 2. The zero-order chi connectivity index (χ0) is 24.4. The van der Waals surface area contributed by atoms with Crippen LogP contribution >= 0.6 is 0 Å². The molecule has 0 bridgehead atoms. The molecular formula is C24H31N3O6. The molecule has 2 rings (SSSR count). The number of methoxy groups -OCH3 is 1. The maximum absolute atomic E-state index is 13.2. The molecule has 2 amide bonds. The number of aryl methyl sites for hydroxylation is 1. The Bertz CT molecular complexity index is 961. The van der Waals surface area contributed by atoms with Crippen LogP contribution in [0.5, 0.6) is 11.5 Å². The Labute approximate surface area is 193 Å². The first kappa shape index (κ1) is 25.6. The molecule has 0 spiro atoms. The van der Waals surface area contributed by atoms with Crippen LogP contribution in [0, 0.1) is 17.0 Å². The van der Waals surface area contributed by atoms with Crippen LogP contribution in [0.15, 0.2) is 42.5 Å². The molecule has 0 aliphatic heterocycles. The van der Waals surface area contributed by atoms with Crippen LogP contribution in [-0.4, -0.2) is 47.9 Å². The van der Waals surface area contributed by atoms with Gasteiger partial charge in [-0.15, -0.1) is 0 Å². The van der Waals surface area contributed by atoms with Gasteiger partial charge < -0.3 is 19.7 Å². The number of rotatable bonds is 12. The van der Waals surface area contributed by atoms with E-state index in [0.29, 0.717) is 13.0 Å². The Balaban J connectivity index is 2.22. The van der Waals surface area contributed by atoms with Crippen LogP contribution in [0.1, 0.15) is 37.8 Å². The number of ether oxygens (including phenoxy) is 2. The fraction of sp³-hybridized carbons (Fsp3) is 0.417. The molecule has 0 heterocycles. The summed E-state index contributed by atoms with van der Waals surface area (Å²) in [5.74, 6) is -0.292. The number of carbonyl (C=O) groups excluding carboxylic acids is 2. The molecule has 1 N–H and O–H groups in total. The summed E-state index contributed by atoms with van der Waals surface area (Å²) < 4.78 is 10.7. The van der Waals surface area contributed by atoms with E-state index >= 15 is 0 Å². The van der Waals surface area contributed by atoms with Crippen LogP contribution in [0.3, 0.4) is 0 Å². The van der Waals surface area contributed by atoms with E-state index < -0.39 is 11.0 Å². The van der Waals surface area contributed by atoms with Crippen molar-refractivity contribution in [3.8, 4) is 11.5 Å². The maximum atomic E-state index is 13.2. The molecule has 0 saturated carbocycles. The number of benzene rings is 2. The van der Waals surface area contributed by atoms with Gasteiger partial charge >= 0.3 is 5.69 Å². The second-order valence-electron chi connectivity index (χ2n) is 7.60. The molecule has 0 radical (unpaired) electrons. The monoisotopic (exact) mass is 457 g/mol. The summed E-state index contributed by atoms with van der Waals surface area (Å²) in [6.45, 7) is 6.25. The van der Waals surface area contributed by atoms with Crippen molar-refractivity contribution in [1.29, 1.82) is 0 Å². The Morgan fingerprint density at radius 1 is 1.15 bits per heavy atom. The number of nitro groups is 1. The summed E-state index contributed by atoms with van der Waals surface area (Å²) in [5, 5.41) is 13.9. The standard InChI is InChI=1S/C24H31N3O6/c1-5-13-25-24(29)20(6-2)26(15-18-9-7-17(3)8-10-18)23(28)16-33-19-11-12-21(27(30)31)22(14-19)32-4/h7-12,14,20H,5-6,13,15-16H2,1-4H3,(H,25,29). The number of nitrogens with one attached hydrogen (secondary N) is 1. The van der Waals surface area contributed by atoms with E-state index in [1.54, 1.807) is 0 Å². The molecule has 9 nitrogen and oxygen atoms in total. The molecule has 0 saturated heterocycles. The first-order valence-corrected chi connectivity index (χ1v) is 10.9. The summed E-state index contributed by atoms with van der Waals surface area (Å²) in [4.78, 5) is 38.0. The second-order valence-corrected chi connectivity index (χ2v) is 7.60. The van der Waals surface area contributed by atoms with Gasteiger partial charge in [-0.05, 0) is 31.4 Å². The largest absolute Gasteiger partial charge is 0.490 e. The van der Waals surface area contributed by atoms with Crippen molar-refractivity contribution in [2.24, 2.45) is 0 Å². The molecule has 33 heavy (non-hydrogen) atoms. The van der Waals surface area contributed by atoms with E-state index in [9.17, 15) is 19.7 Å². The van der Waals surface area contributed by atoms with Gasteiger partial charge in [-0.1, -0.05) is 43.7 Å². The number of hydrogen-bond donors (Lipinski definition) is 1. The van der Waals surface area contributed by atoms with E-state index in [1.165, 1.54) is 30.2 Å². The van der Waals surface area contributed by atoms with E-state index in [-0.39, 0.29) is 42.2 Å². The average molecular weight is 458 g/mol. The molecule has 0 aromatic heterocycles. The lowest BCUT2D eigenvalue weighted by molar-refractivity contribution is -0.385. The zero-order valence-corrected chi connectivity index (χ0v) is 19.5. The first-order chi connectivity index (χ1) is 15.8. The molecule has 178 valence electrons. The third-order valence-corrected chi connectivity index (χ3v) is 5.12. The van der Waals surface area contributed by atoms with Gasteiger partial charge in [-0.25, -0.2) is 0 Å². The summed E-state index contributed by atoms with van der Waals surface area (Å²) in [6.07, 6.45) is 1.23. The lowest BCUT2D eigenvalue weighted by Crippen LogP contribution is -2.50. The molecule has 0 aliphatic carbocycles. The van der Waals surface area contributed by atoms with Crippen molar-refractivity contribution >= 4 is 17.5 Å². The Morgan fingerprint density at radius 3 is 2.42 bits per heavy atom. The van der Waals surface area contributed by atoms with Gasteiger partial charge in [0.2, 0.25) is 11.7 Å². The number of nitro benzene ring substituents is 1. The van der Waals surface area contributed by atoms with Gasteiger partial charge in [0.1, 0.15) is 11.8 Å². The minimum absolute atomic E-state index is 0.0341. The highest BCUT2D eigenvalue weighted by Crippen LogP contribution is 2.30. The van der Waals surface area contributed by atoms with Crippen molar-refractivity contribution < 1.29 is 24.0 Å². The fourth-order valence-corrected chi connectivity index (χ4v) is 3.30. The molecule has 2 aromatic carbocycles. The van der Waals surface area contributed by atoms with Crippen molar-refractivity contribution in [3.63, 3.8) is 0 Å². The summed E-state index contributed by atoms with van der Waals surface area (Å²) in [7, 11) is 1.32. The van der Waals surface area contributed by atoms with Gasteiger partial charge in [0, 0.05) is 25.2 Å². The van der Waals surface area contributed by atoms with Crippen LogP contribution in [0.4, 0.5) is 5.69 Å². The van der Waals surface area contributed by atoms with Gasteiger partial charge in [0.05, 0.1) is 12.0 Å². The fourth-order valence-electron chi connectivity index (χ4n) is 3.30. The predicted octanol–water partition coefficient (Wildman–Crippen LogP) is 3.62. The second kappa shape index (κ2) is 12.4. The van der Waals surface area contributed by atoms with Crippen LogP contribution < -0.4 is 14.8 Å². The minimum Gasteiger partial charge on any atom is -0.490 e. The maximum Gasteiger partial charge on any atom is 0.311 e. The average Bonchev–Trinajstić information content (AvgIpc) is 2.81. The van der Waals surface area contributed by atoms with E-state index in [1.807, 2.05) is 45.0 Å². The van der Waals surface area contributed by atoms with Crippen LogP contribution in [0.25, 0.3) is 0 Å². The first-order valence-electron chi connectivity index (χ1n) is 10.9. The van der Waals surface area contributed by atoms with Gasteiger partial charge in [0.25, 0.3) is 5.91 Å². The topological polar surface area (TPSA) is 111 Å². The smallest absolute Gasteiger partial charge is 0.311 e. The van der Waals surface area contributed by atoms with Crippen LogP contribution in [0.2, 0.25) is 0 Å². The van der Waals surface area contributed by atoms with Crippen molar-refractivity contribution in [1.82, 2.24) is 10.2 Å². The van der Waals surface area contributed by atoms with Crippen LogP contribution in [-0.2, 0) is 16.1 Å². The Hall–Kier alpha value is -3.62. The molecule has 2 aromatic rings. The summed E-state index contributed by atoms with van der Waals surface area (Å²) in [5.41, 5.74) is 1.79. The number of amides is 2. The van der Waals surface area contributed by atoms with Gasteiger partial charge in [0.15, 0.2) is 6.61 Å². The van der Waals surface area contributed by atoms with E-state index in [4.69, 9.17) is 9.47 Å². The zero-order valence-electron chi connectivity index (χ0n) is 19.5. The summed E-state index contributed by atoms with van der Waals surface area (Å²) in [6, 6.07) is 11.1.